The number of benzene rings is 2. The second kappa shape index (κ2) is 4.93. The molecular weight excluding hydrogens is 262 g/mol. The van der Waals surface area contributed by atoms with E-state index < -0.39 is 9.84 Å². The van der Waals surface area contributed by atoms with Crippen molar-refractivity contribution in [2.45, 2.75) is 17.6 Å². The van der Waals surface area contributed by atoms with E-state index in [0.29, 0.717) is 11.3 Å². The minimum absolute atomic E-state index is 0.108. The van der Waals surface area contributed by atoms with Crippen LogP contribution in [0.15, 0.2) is 47.4 Å². The summed E-state index contributed by atoms with van der Waals surface area (Å²) in [7, 11) is -3.49. The van der Waals surface area contributed by atoms with Crippen LogP contribution in [0.1, 0.15) is 11.1 Å². The first-order valence-electron chi connectivity index (χ1n) is 5.76. The first kappa shape index (κ1) is 13.4. The van der Waals surface area contributed by atoms with E-state index in [1.54, 1.807) is 31.2 Å². The number of aryl methyl sites for hydroxylation is 1. The number of hydrogen-bond acceptors (Lipinski definition) is 4. The molecule has 0 aromatic heterocycles. The van der Waals surface area contributed by atoms with E-state index in [4.69, 9.17) is 5.73 Å². The molecule has 0 bridgehead atoms. The average molecular weight is 277 g/mol. The van der Waals surface area contributed by atoms with Crippen LogP contribution >= 0.6 is 0 Å². The van der Waals surface area contributed by atoms with Gasteiger partial charge in [-0.1, -0.05) is 24.3 Å². The maximum atomic E-state index is 12.3. The first-order valence-corrected chi connectivity index (χ1v) is 7.41. The van der Waals surface area contributed by atoms with Crippen molar-refractivity contribution in [2.75, 3.05) is 5.73 Å². The van der Waals surface area contributed by atoms with Crippen molar-refractivity contribution in [1.29, 1.82) is 0 Å². The van der Waals surface area contributed by atoms with Crippen molar-refractivity contribution in [3.05, 3.63) is 53.6 Å². The van der Waals surface area contributed by atoms with Gasteiger partial charge < -0.3 is 10.8 Å². The summed E-state index contributed by atoms with van der Waals surface area (Å²) in [6.45, 7) is 1.77. The van der Waals surface area contributed by atoms with E-state index in [0.717, 1.165) is 5.56 Å². The number of aromatic hydroxyl groups is 1. The van der Waals surface area contributed by atoms with E-state index >= 15 is 0 Å². The van der Waals surface area contributed by atoms with E-state index in [1.807, 2.05) is 0 Å². The smallest absolute Gasteiger partial charge is 0.184 e. The molecule has 100 valence electrons. The van der Waals surface area contributed by atoms with E-state index in [9.17, 15) is 13.5 Å². The van der Waals surface area contributed by atoms with Crippen LogP contribution in [-0.2, 0) is 15.6 Å². The summed E-state index contributed by atoms with van der Waals surface area (Å²) >= 11 is 0. The third-order valence-electron chi connectivity index (χ3n) is 2.91. The molecule has 0 aliphatic heterocycles. The molecule has 2 rings (SSSR count). The summed E-state index contributed by atoms with van der Waals surface area (Å²) < 4.78 is 24.6. The Morgan fingerprint density at radius 1 is 1.11 bits per heavy atom. The minimum Gasteiger partial charge on any atom is -0.508 e. The lowest BCUT2D eigenvalue weighted by Gasteiger charge is -2.09. The number of phenolic OH excluding ortho intramolecular Hbond substituents is 1. The van der Waals surface area contributed by atoms with Gasteiger partial charge in [-0.05, 0) is 36.2 Å². The topological polar surface area (TPSA) is 80.4 Å². The lowest BCUT2D eigenvalue weighted by atomic mass is 10.2. The van der Waals surface area contributed by atoms with Crippen molar-refractivity contribution in [2.24, 2.45) is 0 Å². The average Bonchev–Trinajstić information content (AvgIpc) is 2.35. The van der Waals surface area contributed by atoms with Gasteiger partial charge in [0.2, 0.25) is 0 Å². The van der Waals surface area contributed by atoms with Crippen LogP contribution in [0.25, 0.3) is 0 Å². The monoisotopic (exact) mass is 277 g/mol. The molecule has 0 heterocycles. The highest BCUT2D eigenvalue weighted by molar-refractivity contribution is 7.90. The predicted molar refractivity (Wildman–Crippen MR) is 74.6 cm³/mol. The summed E-state index contributed by atoms with van der Waals surface area (Å²) in [5, 5.41) is 9.18. The number of hydrogen-bond donors (Lipinski definition) is 2. The van der Waals surface area contributed by atoms with Gasteiger partial charge in [0.1, 0.15) is 5.75 Å². The Morgan fingerprint density at radius 2 is 1.74 bits per heavy atom. The Labute approximate surface area is 112 Å². The number of anilines is 1. The third kappa shape index (κ3) is 2.88. The lowest BCUT2D eigenvalue weighted by Crippen LogP contribution is -2.08. The quantitative estimate of drug-likeness (QED) is 0.843. The fourth-order valence-electron chi connectivity index (χ4n) is 1.81. The fourth-order valence-corrected chi connectivity index (χ4v) is 3.38. The molecule has 3 N–H and O–H groups in total. The summed E-state index contributed by atoms with van der Waals surface area (Å²) in [5.41, 5.74) is 7.47. The van der Waals surface area contributed by atoms with Gasteiger partial charge in [0.25, 0.3) is 0 Å². The number of phenols is 1. The number of nitrogens with two attached hydrogens (primary N) is 1. The molecule has 19 heavy (non-hydrogen) atoms. The van der Waals surface area contributed by atoms with Crippen molar-refractivity contribution < 1.29 is 13.5 Å². The van der Waals surface area contributed by atoms with E-state index in [-0.39, 0.29) is 16.4 Å². The molecule has 0 aliphatic carbocycles. The van der Waals surface area contributed by atoms with Crippen LogP contribution in [0.2, 0.25) is 0 Å². The summed E-state index contributed by atoms with van der Waals surface area (Å²) in [6.07, 6.45) is 0. The largest absolute Gasteiger partial charge is 0.508 e. The maximum Gasteiger partial charge on any atom is 0.184 e. The number of rotatable bonds is 3. The summed E-state index contributed by atoms with van der Waals surface area (Å²) in [5.74, 6) is -0.0304. The van der Waals surface area contributed by atoms with Crippen LogP contribution in [-0.4, -0.2) is 13.5 Å². The van der Waals surface area contributed by atoms with Gasteiger partial charge in [-0.25, -0.2) is 8.42 Å². The Morgan fingerprint density at radius 3 is 2.37 bits per heavy atom. The van der Waals surface area contributed by atoms with Crippen molar-refractivity contribution in [3.63, 3.8) is 0 Å². The SMILES string of the molecule is Cc1cccc(S(=O)(=O)Cc2ccc(O)cc2)c1N. The molecule has 5 heteroatoms. The highest BCUT2D eigenvalue weighted by Gasteiger charge is 2.19. The molecule has 0 unspecified atom stereocenters. The molecule has 0 atom stereocenters. The van der Waals surface area contributed by atoms with Crippen LogP contribution < -0.4 is 5.73 Å². The van der Waals surface area contributed by atoms with Crippen molar-refractivity contribution in [3.8, 4) is 5.75 Å². The molecule has 0 aliphatic rings. The molecule has 0 amide bonds. The van der Waals surface area contributed by atoms with E-state index in [2.05, 4.69) is 0 Å². The molecule has 0 saturated carbocycles. The van der Waals surface area contributed by atoms with Crippen LogP contribution in [0.3, 0.4) is 0 Å². The third-order valence-corrected chi connectivity index (χ3v) is 4.65. The molecule has 2 aromatic carbocycles. The Bertz CT molecular complexity index is 691. The van der Waals surface area contributed by atoms with Gasteiger partial charge in [0.05, 0.1) is 16.3 Å². The molecule has 0 radical (unpaired) electrons. The lowest BCUT2D eigenvalue weighted by molar-refractivity contribution is 0.475. The second-order valence-corrected chi connectivity index (χ2v) is 6.37. The van der Waals surface area contributed by atoms with Gasteiger partial charge in [0, 0.05) is 0 Å². The Balaban J connectivity index is 2.38. The molecular formula is C14H15NO3S. The number of nitrogen functional groups attached to an aromatic ring is 1. The van der Waals surface area contributed by atoms with Gasteiger partial charge in [-0.15, -0.1) is 0 Å². The Kier molecular flexibility index (Phi) is 3.48. The standard InChI is InChI=1S/C14H15NO3S/c1-10-3-2-4-13(14(10)15)19(17,18)9-11-5-7-12(16)8-6-11/h2-8,16H,9,15H2,1H3. The molecule has 4 nitrogen and oxygen atoms in total. The number of sulfone groups is 1. The first-order chi connectivity index (χ1) is 8.90. The highest BCUT2D eigenvalue weighted by atomic mass is 32.2. The zero-order valence-corrected chi connectivity index (χ0v) is 11.3. The molecule has 0 fully saturated rings. The van der Waals surface area contributed by atoms with Crippen LogP contribution in [0.5, 0.6) is 5.75 Å². The van der Waals surface area contributed by atoms with Gasteiger partial charge >= 0.3 is 0 Å². The molecule has 2 aromatic rings. The second-order valence-electron chi connectivity index (χ2n) is 4.41. The minimum atomic E-state index is -3.49. The van der Waals surface area contributed by atoms with E-state index in [1.165, 1.54) is 18.2 Å². The van der Waals surface area contributed by atoms with Crippen LogP contribution in [0.4, 0.5) is 5.69 Å². The zero-order valence-electron chi connectivity index (χ0n) is 10.5. The zero-order chi connectivity index (χ0) is 14.0. The summed E-state index contributed by atoms with van der Waals surface area (Å²) in [6, 6.07) is 11.1. The summed E-state index contributed by atoms with van der Waals surface area (Å²) in [4.78, 5) is 0.153. The van der Waals surface area contributed by atoms with Crippen molar-refractivity contribution in [1.82, 2.24) is 0 Å². The number of para-hydroxylation sites is 1. The molecule has 0 saturated heterocycles. The van der Waals surface area contributed by atoms with Crippen molar-refractivity contribution >= 4 is 15.5 Å². The predicted octanol–water partition coefficient (Wildman–Crippen LogP) is 2.26. The Hall–Kier alpha value is -2.01. The van der Waals surface area contributed by atoms with Gasteiger partial charge in [-0.3, -0.25) is 0 Å². The van der Waals surface area contributed by atoms with Crippen LogP contribution in [0, 0.1) is 6.92 Å². The van der Waals surface area contributed by atoms with Gasteiger partial charge in [0.15, 0.2) is 9.84 Å². The maximum absolute atomic E-state index is 12.3. The van der Waals surface area contributed by atoms with Gasteiger partial charge in [-0.2, -0.15) is 0 Å². The fraction of sp³-hybridized carbons (Fsp3) is 0.143. The normalized spacial score (nSPS) is 11.4. The highest BCUT2D eigenvalue weighted by Crippen LogP contribution is 2.25. The molecule has 0 spiro atoms.